The van der Waals surface area contributed by atoms with E-state index in [1.165, 1.54) is 6.07 Å². The number of alkyl halides is 3. The average Bonchev–Trinajstić information content (AvgIpc) is 2.47. The summed E-state index contributed by atoms with van der Waals surface area (Å²) in [4.78, 5) is 10.6. The van der Waals surface area contributed by atoms with Crippen LogP contribution in [0.2, 0.25) is 5.02 Å². The highest BCUT2D eigenvalue weighted by Gasteiger charge is 2.33. The highest BCUT2D eigenvalue weighted by molar-refractivity contribution is 9.10. The molecule has 11 heteroatoms. The number of aromatic carboxylic acids is 1. The van der Waals surface area contributed by atoms with Crippen LogP contribution in [0.15, 0.2) is 45.8 Å². The van der Waals surface area contributed by atoms with Gasteiger partial charge in [0.05, 0.1) is 21.0 Å². The van der Waals surface area contributed by atoms with E-state index in [-0.39, 0.29) is 15.7 Å². The van der Waals surface area contributed by atoms with Crippen molar-refractivity contribution in [3.63, 3.8) is 0 Å². The number of rotatable bonds is 4. The zero-order valence-corrected chi connectivity index (χ0v) is 15.1. The molecule has 0 fully saturated rings. The fourth-order valence-corrected chi connectivity index (χ4v) is 3.57. The van der Waals surface area contributed by atoms with E-state index in [9.17, 15) is 26.4 Å². The van der Waals surface area contributed by atoms with E-state index in [1.54, 1.807) is 0 Å². The third-order valence-electron chi connectivity index (χ3n) is 3.00. The lowest BCUT2D eigenvalue weighted by molar-refractivity contribution is -0.137. The minimum Gasteiger partial charge on any atom is -0.478 e. The van der Waals surface area contributed by atoms with Gasteiger partial charge in [-0.1, -0.05) is 11.6 Å². The van der Waals surface area contributed by atoms with Gasteiger partial charge in [0.15, 0.2) is 0 Å². The topological polar surface area (TPSA) is 83.5 Å². The van der Waals surface area contributed by atoms with Crippen LogP contribution in [0.25, 0.3) is 0 Å². The van der Waals surface area contributed by atoms with E-state index in [0.29, 0.717) is 6.07 Å². The Kier molecular flexibility index (Phi) is 5.35. The fraction of sp³-hybridized carbons (Fsp3) is 0.0714. The fourth-order valence-electron chi connectivity index (χ4n) is 1.86. The van der Waals surface area contributed by atoms with Crippen molar-refractivity contribution in [1.82, 2.24) is 0 Å². The molecule has 0 aromatic heterocycles. The lowest BCUT2D eigenvalue weighted by Gasteiger charge is -2.13. The summed E-state index contributed by atoms with van der Waals surface area (Å²) in [6.07, 6.45) is -4.76. The molecule has 5 nitrogen and oxygen atoms in total. The Hall–Kier alpha value is -1.78. The molecule has 0 saturated heterocycles. The van der Waals surface area contributed by atoms with Crippen molar-refractivity contribution in [3.05, 3.63) is 57.0 Å². The molecule has 0 bridgehead atoms. The van der Waals surface area contributed by atoms with Gasteiger partial charge in [-0.3, -0.25) is 4.72 Å². The van der Waals surface area contributed by atoms with Crippen LogP contribution < -0.4 is 4.72 Å². The Bertz CT molecular complexity index is 948. The number of hydrogen-bond acceptors (Lipinski definition) is 3. The molecule has 25 heavy (non-hydrogen) atoms. The van der Waals surface area contributed by atoms with E-state index in [2.05, 4.69) is 15.9 Å². The van der Waals surface area contributed by atoms with Gasteiger partial charge in [-0.15, -0.1) is 0 Å². The second kappa shape index (κ2) is 6.85. The molecule has 0 aliphatic heterocycles. The van der Waals surface area contributed by atoms with Gasteiger partial charge in [0.25, 0.3) is 10.0 Å². The number of carboxylic acid groups (broad SMARTS) is 1. The van der Waals surface area contributed by atoms with Gasteiger partial charge in [-0.25, -0.2) is 13.2 Å². The Labute approximate surface area is 153 Å². The number of carbonyl (C=O) groups is 1. The summed E-state index contributed by atoms with van der Waals surface area (Å²) in [5.41, 5.74) is -1.87. The largest absolute Gasteiger partial charge is 0.478 e. The monoisotopic (exact) mass is 457 g/mol. The number of carboxylic acids is 1. The first-order chi connectivity index (χ1) is 11.4. The second-order valence-electron chi connectivity index (χ2n) is 4.74. The van der Waals surface area contributed by atoms with Crippen LogP contribution in [0.4, 0.5) is 18.9 Å². The third-order valence-corrected chi connectivity index (χ3v) is 5.40. The van der Waals surface area contributed by atoms with Gasteiger partial charge in [0, 0.05) is 10.2 Å². The second-order valence-corrected chi connectivity index (χ2v) is 7.69. The van der Waals surface area contributed by atoms with Crippen molar-refractivity contribution in [2.75, 3.05) is 4.72 Å². The first-order valence-corrected chi connectivity index (χ1v) is 8.99. The molecule has 0 heterocycles. The van der Waals surface area contributed by atoms with Crippen LogP contribution in [0.3, 0.4) is 0 Å². The minimum absolute atomic E-state index is 0.157. The lowest BCUT2D eigenvalue weighted by Crippen LogP contribution is -2.15. The quantitative estimate of drug-likeness (QED) is 0.700. The Morgan fingerprint density at radius 3 is 2.36 bits per heavy atom. The molecule has 2 N–H and O–H groups in total. The van der Waals surface area contributed by atoms with Gasteiger partial charge < -0.3 is 5.11 Å². The highest BCUT2D eigenvalue weighted by atomic mass is 79.9. The van der Waals surface area contributed by atoms with Gasteiger partial charge in [0.1, 0.15) is 0 Å². The van der Waals surface area contributed by atoms with Crippen LogP contribution in [-0.2, 0) is 16.2 Å². The number of anilines is 1. The Morgan fingerprint density at radius 2 is 1.80 bits per heavy atom. The SMILES string of the molecule is O=C(O)c1cc(S(=O)(=O)Nc2ccc(Cl)c(C(F)(F)F)c2)ccc1Br. The smallest absolute Gasteiger partial charge is 0.417 e. The molecule has 0 saturated carbocycles. The number of sulfonamides is 1. The summed E-state index contributed by atoms with van der Waals surface area (Å²) in [5.74, 6) is -1.37. The summed E-state index contributed by atoms with van der Waals surface area (Å²) in [5, 5.41) is 8.44. The Morgan fingerprint density at radius 1 is 1.16 bits per heavy atom. The van der Waals surface area contributed by atoms with Crippen LogP contribution in [0.1, 0.15) is 15.9 Å². The first-order valence-electron chi connectivity index (χ1n) is 6.34. The molecule has 134 valence electrons. The molecule has 0 aliphatic carbocycles. The summed E-state index contributed by atoms with van der Waals surface area (Å²) in [6, 6.07) is 5.73. The number of halogens is 5. The maximum atomic E-state index is 12.8. The van der Waals surface area contributed by atoms with E-state index >= 15 is 0 Å². The number of benzene rings is 2. The molecule has 0 atom stereocenters. The van der Waals surface area contributed by atoms with Crippen LogP contribution in [-0.4, -0.2) is 19.5 Å². The van der Waals surface area contributed by atoms with Crippen molar-refractivity contribution >= 4 is 49.2 Å². The van der Waals surface area contributed by atoms with Crippen LogP contribution >= 0.6 is 27.5 Å². The van der Waals surface area contributed by atoms with Crippen molar-refractivity contribution in [3.8, 4) is 0 Å². The average molecular weight is 459 g/mol. The van der Waals surface area contributed by atoms with Crippen molar-refractivity contribution in [2.24, 2.45) is 0 Å². The highest BCUT2D eigenvalue weighted by Crippen LogP contribution is 2.36. The minimum atomic E-state index is -4.76. The van der Waals surface area contributed by atoms with Crippen molar-refractivity contribution < 1.29 is 31.5 Å². The molecule has 2 aromatic carbocycles. The molecular formula is C14H8BrClF3NO4S. The maximum absolute atomic E-state index is 12.8. The van der Waals surface area contributed by atoms with Gasteiger partial charge in [-0.05, 0) is 52.3 Å². The molecule has 0 amide bonds. The summed E-state index contributed by atoms with van der Waals surface area (Å²) >= 11 is 8.44. The van der Waals surface area contributed by atoms with Gasteiger partial charge in [0.2, 0.25) is 0 Å². The van der Waals surface area contributed by atoms with E-state index < -0.39 is 37.7 Å². The number of nitrogens with one attached hydrogen (secondary N) is 1. The summed E-state index contributed by atoms with van der Waals surface area (Å²) < 4.78 is 65.2. The van der Waals surface area contributed by atoms with E-state index in [0.717, 1.165) is 24.3 Å². The molecule has 0 unspecified atom stereocenters. The van der Waals surface area contributed by atoms with E-state index in [1.807, 2.05) is 4.72 Å². The molecule has 0 aliphatic rings. The first kappa shape index (κ1) is 19.5. The van der Waals surface area contributed by atoms with Crippen LogP contribution in [0, 0.1) is 0 Å². The molecule has 0 spiro atoms. The van der Waals surface area contributed by atoms with E-state index in [4.69, 9.17) is 16.7 Å². The zero-order chi connectivity index (χ0) is 19.0. The predicted molar refractivity (Wildman–Crippen MR) is 88.4 cm³/mol. The van der Waals surface area contributed by atoms with Gasteiger partial charge >= 0.3 is 12.1 Å². The number of hydrogen-bond donors (Lipinski definition) is 2. The molecule has 2 rings (SSSR count). The predicted octanol–water partition coefficient (Wildman–Crippen LogP) is 4.62. The molecule has 0 radical (unpaired) electrons. The zero-order valence-electron chi connectivity index (χ0n) is 11.9. The maximum Gasteiger partial charge on any atom is 0.417 e. The van der Waals surface area contributed by atoms with Gasteiger partial charge in [-0.2, -0.15) is 13.2 Å². The molecular weight excluding hydrogens is 451 g/mol. The van der Waals surface area contributed by atoms with Crippen LogP contribution in [0.5, 0.6) is 0 Å². The summed E-state index contributed by atoms with van der Waals surface area (Å²) in [7, 11) is -4.31. The normalized spacial score (nSPS) is 12.0. The van der Waals surface area contributed by atoms with Crippen molar-refractivity contribution in [2.45, 2.75) is 11.1 Å². The van der Waals surface area contributed by atoms with Crippen molar-refractivity contribution in [1.29, 1.82) is 0 Å². The lowest BCUT2D eigenvalue weighted by atomic mass is 10.2. The Balaban J connectivity index is 2.43. The standard InChI is InChI=1S/C14H8BrClF3NO4S/c15-11-3-2-8(6-9(11)13(21)22)25(23,24)20-7-1-4-12(16)10(5-7)14(17,18)19/h1-6,20H,(H,21,22). The summed E-state index contributed by atoms with van der Waals surface area (Å²) in [6.45, 7) is 0. The molecule has 2 aromatic rings. The third kappa shape index (κ3) is 4.44.